The van der Waals surface area contributed by atoms with Crippen LogP contribution in [0.3, 0.4) is 0 Å². The molecule has 0 saturated carbocycles. The van der Waals surface area contributed by atoms with E-state index in [2.05, 4.69) is 0 Å². The van der Waals surface area contributed by atoms with Crippen LogP contribution in [0.5, 0.6) is 17.2 Å². The van der Waals surface area contributed by atoms with E-state index < -0.39 is 17.1 Å². The van der Waals surface area contributed by atoms with Crippen LogP contribution in [0, 0.1) is 0 Å². The molecule has 1 aliphatic rings. The first-order chi connectivity index (χ1) is 14.9. The van der Waals surface area contributed by atoms with Crippen LogP contribution in [0.1, 0.15) is 18.9 Å². The quantitative estimate of drug-likeness (QED) is 0.576. The highest BCUT2D eigenvalue weighted by molar-refractivity contribution is 8.19. The molecule has 2 aromatic carbocycles. The molecule has 0 radical (unpaired) electrons. The standard InChI is InChI=1S/C22H21NO7S/c1-3-29-18-11-14(7-8-17(18)30-10-9-20(24)25)12-19-21(26)23(22(27)31-19)15-5-4-6-16(13-15)28-2/h4-8,11-13H,3,9-10H2,1-2H3,(H,24,25)/b19-12+. The number of nitrogens with zero attached hydrogens (tertiary/aromatic N) is 1. The number of amides is 2. The number of hydrogen-bond donors (Lipinski definition) is 1. The van der Waals surface area contributed by atoms with Gasteiger partial charge in [0.25, 0.3) is 11.1 Å². The van der Waals surface area contributed by atoms with Gasteiger partial charge in [0.05, 0.1) is 37.3 Å². The highest BCUT2D eigenvalue weighted by atomic mass is 32.2. The molecule has 0 aromatic heterocycles. The molecule has 162 valence electrons. The molecule has 1 saturated heterocycles. The van der Waals surface area contributed by atoms with Crippen molar-refractivity contribution in [1.82, 2.24) is 0 Å². The Bertz CT molecular complexity index is 1030. The molecule has 3 rings (SSSR count). The van der Waals surface area contributed by atoms with Crippen molar-refractivity contribution in [3.63, 3.8) is 0 Å². The summed E-state index contributed by atoms with van der Waals surface area (Å²) in [6.07, 6.45) is 1.47. The van der Waals surface area contributed by atoms with Gasteiger partial charge in [-0.25, -0.2) is 4.90 Å². The fourth-order valence-corrected chi connectivity index (χ4v) is 3.68. The fraction of sp³-hybridized carbons (Fsp3) is 0.227. The van der Waals surface area contributed by atoms with Gasteiger partial charge >= 0.3 is 5.97 Å². The molecular formula is C22H21NO7S. The lowest BCUT2D eigenvalue weighted by Crippen LogP contribution is -2.27. The van der Waals surface area contributed by atoms with Crippen LogP contribution in [-0.2, 0) is 9.59 Å². The molecule has 2 aromatic rings. The summed E-state index contributed by atoms with van der Waals surface area (Å²) in [7, 11) is 1.51. The summed E-state index contributed by atoms with van der Waals surface area (Å²) in [5.74, 6) is -0.0110. The van der Waals surface area contributed by atoms with Gasteiger partial charge in [-0.3, -0.25) is 14.4 Å². The molecule has 0 bridgehead atoms. The minimum Gasteiger partial charge on any atom is -0.497 e. The molecular weight excluding hydrogens is 422 g/mol. The second kappa shape index (κ2) is 10.0. The highest BCUT2D eigenvalue weighted by Crippen LogP contribution is 2.37. The second-order valence-corrected chi connectivity index (χ2v) is 7.34. The van der Waals surface area contributed by atoms with E-state index in [1.807, 2.05) is 6.92 Å². The molecule has 0 aliphatic carbocycles. The Morgan fingerprint density at radius 3 is 2.65 bits per heavy atom. The van der Waals surface area contributed by atoms with E-state index in [4.69, 9.17) is 19.3 Å². The molecule has 0 atom stereocenters. The van der Waals surface area contributed by atoms with Crippen LogP contribution in [0.2, 0.25) is 0 Å². The number of anilines is 1. The molecule has 0 spiro atoms. The second-order valence-electron chi connectivity index (χ2n) is 6.35. The molecule has 1 aliphatic heterocycles. The summed E-state index contributed by atoms with van der Waals surface area (Å²) in [6, 6.07) is 11.8. The van der Waals surface area contributed by atoms with Crippen LogP contribution in [0.25, 0.3) is 6.08 Å². The predicted molar refractivity (Wildman–Crippen MR) is 117 cm³/mol. The lowest BCUT2D eigenvalue weighted by molar-refractivity contribution is -0.137. The SMILES string of the molecule is CCOc1cc(/C=C2/SC(=O)N(c3cccc(OC)c3)C2=O)ccc1OCCC(=O)O. The highest BCUT2D eigenvalue weighted by Gasteiger charge is 2.36. The van der Waals surface area contributed by atoms with E-state index >= 15 is 0 Å². The number of carboxylic acid groups (broad SMARTS) is 1. The van der Waals surface area contributed by atoms with Crippen molar-refractivity contribution >= 4 is 40.6 Å². The minimum absolute atomic E-state index is 0.00812. The summed E-state index contributed by atoms with van der Waals surface area (Å²) < 4.78 is 16.2. The van der Waals surface area contributed by atoms with Gasteiger partial charge in [0.15, 0.2) is 11.5 Å². The van der Waals surface area contributed by atoms with Crippen molar-refractivity contribution in [2.45, 2.75) is 13.3 Å². The average Bonchev–Trinajstić information content (AvgIpc) is 3.02. The van der Waals surface area contributed by atoms with Gasteiger partial charge in [0, 0.05) is 6.07 Å². The van der Waals surface area contributed by atoms with Crippen molar-refractivity contribution in [3.8, 4) is 17.2 Å². The monoisotopic (exact) mass is 443 g/mol. The van der Waals surface area contributed by atoms with Crippen LogP contribution in [-0.4, -0.2) is 42.5 Å². The number of hydrogen-bond acceptors (Lipinski definition) is 7. The Balaban J connectivity index is 1.83. The lowest BCUT2D eigenvalue weighted by atomic mass is 10.1. The van der Waals surface area contributed by atoms with Gasteiger partial charge < -0.3 is 19.3 Å². The summed E-state index contributed by atoms with van der Waals surface area (Å²) in [4.78, 5) is 37.4. The zero-order valence-corrected chi connectivity index (χ0v) is 17.8. The minimum atomic E-state index is -0.957. The molecule has 1 heterocycles. The number of carboxylic acids is 1. The van der Waals surface area contributed by atoms with E-state index in [-0.39, 0.29) is 17.9 Å². The van der Waals surface area contributed by atoms with Crippen LogP contribution in [0.4, 0.5) is 10.5 Å². The summed E-state index contributed by atoms with van der Waals surface area (Å²) in [6.45, 7) is 2.20. The van der Waals surface area contributed by atoms with Gasteiger partial charge in [-0.05, 0) is 54.6 Å². The fourth-order valence-electron chi connectivity index (χ4n) is 2.84. The van der Waals surface area contributed by atoms with E-state index in [0.717, 1.165) is 16.7 Å². The third-order valence-electron chi connectivity index (χ3n) is 4.24. The smallest absolute Gasteiger partial charge is 0.306 e. The zero-order valence-electron chi connectivity index (χ0n) is 17.0. The van der Waals surface area contributed by atoms with Gasteiger partial charge in [-0.15, -0.1) is 0 Å². The van der Waals surface area contributed by atoms with Crippen molar-refractivity contribution in [1.29, 1.82) is 0 Å². The van der Waals surface area contributed by atoms with E-state index in [1.54, 1.807) is 48.5 Å². The van der Waals surface area contributed by atoms with Crippen molar-refractivity contribution in [3.05, 3.63) is 52.9 Å². The van der Waals surface area contributed by atoms with Crippen molar-refractivity contribution in [2.75, 3.05) is 25.2 Å². The van der Waals surface area contributed by atoms with Gasteiger partial charge in [-0.1, -0.05) is 12.1 Å². The topological polar surface area (TPSA) is 102 Å². The van der Waals surface area contributed by atoms with Crippen LogP contribution in [0.15, 0.2) is 47.4 Å². The maximum absolute atomic E-state index is 12.9. The molecule has 0 unspecified atom stereocenters. The Hall–Kier alpha value is -3.46. The summed E-state index contributed by atoms with van der Waals surface area (Å²) in [5.41, 5.74) is 1.08. The van der Waals surface area contributed by atoms with E-state index in [0.29, 0.717) is 35.1 Å². The number of rotatable bonds is 9. The number of thioether (sulfide) groups is 1. The normalized spacial score (nSPS) is 14.8. The maximum Gasteiger partial charge on any atom is 0.306 e. The van der Waals surface area contributed by atoms with Crippen LogP contribution >= 0.6 is 11.8 Å². The van der Waals surface area contributed by atoms with Gasteiger partial charge in [0.1, 0.15) is 5.75 Å². The number of carbonyl (C=O) groups is 3. The summed E-state index contributed by atoms with van der Waals surface area (Å²) >= 11 is 0.846. The van der Waals surface area contributed by atoms with Crippen molar-refractivity contribution in [2.24, 2.45) is 0 Å². The Morgan fingerprint density at radius 2 is 1.94 bits per heavy atom. The number of ether oxygens (including phenoxy) is 3. The van der Waals surface area contributed by atoms with Crippen molar-refractivity contribution < 1.29 is 33.7 Å². The maximum atomic E-state index is 12.9. The number of methoxy groups -OCH3 is 1. The molecule has 8 nitrogen and oxygen atoms in total. The number of imide groups is 1. The third kappa shape index (κ3) is 5.37. The van der Waals surface area contributed by atoms with Gasteiger partial charge in [0.2, 0.25) is 0 Å². The Morgan fingerprint density at radius 1 is 1.13 bits per heavy atom. The number of aliphatic carboxylic acids is 1. The first-order valence-electron chi connectivity index (χ1n) is 9.46. The van der Waals surface area contributed by atoms with Crippen LogP contribution < -0.4 is 19.1 Å². The number of carbonyl (C=O) groups excluding carboxylic acids is 2. The number of benzene rings is 2. The predicted octanol–water partition coefficient (Wildman–Crippen LogP) is 4.19. The zero-order chi connectivity index (χ0) is 22.4. The molecule has 1 N–H and O–H groups in total. The molecule has 1 fully saturated rings. The first-order valence-corrected chi connectivity index (χ1v) is 10.3. The summed E-state index contributed by atoms with van der Waals surface area (Å²) in [5, 5.41) is 8.36. The lowest BCUT2D eigenvalue weighted by Gasteiger charge is -2.13. The molecule has 9 heteroatoms. The third-order valence-corrected chi connectivity index (χ3v) is 5.11. The average molecular weight is 443 g/mol. The first kappa shape index (κ1) is 22.2. The van der Waals surface area contributed by atoms with E-state index in [9.17, 15) is 14.4 Å². The molecule has 31 heavy (non-hydrogen) atoms. The largest absolute Gasteiger partial charge is 0.497 e. The Labute approximate surface area is 183 Å². The van der Waals surface area contributed by atoms with E-state index in [1.165, 1.54) is 7.11 Å². The Kier molecular flexibility index (Phi) is 7.19. The molecule has 2 amide bonds. The van der Waals surface area contributed by atoms with Gasteiger partial charge in [-0.2, -0.15) is 0 Å².